The van der Waals surface area contributed by atoms with E-state index in [1.54, 1.807) is 11.8 Å². The topological polar surface area (TPSA) is 35.2 Å². The van der Waals surface area contributed by atoms with Crippen LogP contribution in [0, 0.1) is 5.82 Å². The SMILES string of the molecule is NCc1ccc(SC2CCOCC2)c(F)c1. The molecule has 4 heteroatoms. The van der Waals surface area contributed by atoms with Crippen LogP contribution in [-0.4, -0.2) is 18.5 Å². The van der Waals surface area contributed by atoms with Crippen molar-refractivity contribution in [1.82, 2.24) is 0 Å². The van der Waals surface area contributed by atoms with Gasteiger partial charge in [-0.25, -0.2) is 4.39 Å². The molecule has 1 aliphatic heterocycles. The smallest absolute Gasteiger partial charge is 0.137 e. The van der Waals surface area contributed by atoms with Crippen molar-refractivity contribution < 1.29 is 9.13 Å². The van der Waals surface area contributed by atoms with E-state index < -0.39 is 0 Å². The summed E-state index contributed by atoms with van der Waals surface area (Å²) >= 11 is 1.61. The average molecular weight is 241 g/mol. The highest BCUT2D eigenvalue weighted by molar-refractivity contribution is 8.00. The fourth-order valence-corrected chi connectivity index (χ4v) is 2.85. The van der Waals surface area contributed by atoms with E-state index in [-0.39, 0.29) is 5.82 Å². The Balaban J connectivity index is 2.03. The second kappa shape index (κ2) is 5.66. The maximum Gasteiger partial charge on any atom is 0.137 e. The Bertz CT molecular complexity index is 353. The molecule has 2 N–H and O–H groups in total. The van der Waals surface area contributed by atoms with Gasteiger partial charge < -0.3 is 10.5 Å². The first-order chi connectivity index (χ1) is 7.79. The molecule has 1 heterocycles. The number of hydrogen-bond donors (Lipinski definition) is 1. The second-order valence-corrected chi connectivity index (χ2v) is 5.24. The lowest BCUT2D eigenvalue weighted by Gasteiger charge is -2.21. The third kappa shape index (κ3) is 2.97. The van der Waals surface area contributed by atoms with Crippen LogP contribution < -0.4 is 5.73 Å². The molecule has 0 atom stereocenters. The Labute approximate surface area is 99.4 Å². The number of benzene rings is 1. The zero-order chi connectivity index (χ0) is 11.4. The molecule has 0 saturated carbocycles. The van der Waals surface area contributed by atoms with Gasteiger partial charge in [-0.3, -0.25) is 0 Å². The van der Waals surface area contributed by atoms with Gasteiger partial charge in [-0.05, 0) is 30.5 Å². The number of ether oxygens (including phenoxy) is 1. The zero-order valence-electron chi connectivity index (χ0n) is 9.12. The molecule has 16 heavy (non-hydrogen) atoms. The predicted octanol–water partition coefficient (Wildman–Crippen LogP) is 2.56. The van der Waals surface area contributed by atoms with Crippen LogP contribution in [0.25, 0.3) is 0 Å². The monoisotopic (exact) mass is 241 g/mol. The number of thioether (sulfide) groups is 1. The van der Waals surface area contributed by atoms with Gasteiger partial charge in [0.1, 0.15) is 5.82 Å². The van der Waals surface area contributed by atoms with Crippen molar-refractivity contribution in [2.75, 3.05) is 13.2 Å². The van der Waals surface area contributed by atoms with Crippen molar-refractivity contribution in [3.05, 3.63) is 29.6 Å². The van der Waals surface area contributed by atoms with Gasteiger partial charge in [0, 0.05) is 29.9 Å². The minimum Gasteiger partial charge on any atom is -0.381 e. The first-order valence-electron chi connectivity index (χ1n) is 5.52. The van der Waals surface area contributed by atoms with Crippen molar-refractivity contribution in [2.24, 2.45) is 5.73 Å². The van der Waals surface area contributed by atoms with Crippen LogP contribution in [0.3, 0.4) is 0 Å². The Morgan fingerprint density at radius 2 is 2.12 bits per heavy atom. The van der Waals surface area contributed by atoms with E-state index >= 15 is 0 Å². The average Bonchev–Trinajstić information content (AvgIpc) is 2.33. The van der Waals surface area contributed by atoms with Crippen molar-refractivity contribution in [1.29, 1.82) is 0 Å². The lowest BCUT2D eigenvalue weighted by molar-refractivity contribution is 0.1000. The highest BCUT2D eigenvalue weighted by Gasteiger charge is 2.16. The van der Waals surface area contributed by atoms with E-state index in [0.29, 0.717) is 11.8 Å². The summed E-state index contributed by atoms with van der Waals surface area (Å²) in [5, 5.41) is 0.479. The minimum absolute atomic E-state index is 0.153. The molecule has 0 aromatic heterocycles. The fraction of sp³-hybridized carbons (Fsp3) is 0.500. The van der Waals surface area contributed by atoms with Gasteiger partial charge in [0.25, 0.3) is 0 Å². The van der Waals surface area contributed by atoms with E-state index in [9.17, 15) is 4.39 Å². The lowest BCUT2D eigenvalue weighted by Crippen LogP contribution is -2.17. The van der Waals surface area contributed by atoms with Gasteiger partial charge in [-0.2, -0.15) is 0 Å². The third-order valence-electron chi connectivity index (χ3n) is 2.69. The molecule has 0 spiro atoms. The van der Waals surface area contributed by atoms with E-state index in [4.69, 9.17) is 10.5 Å². The highest BCUT2D eigenvalue weighted by Crippen LogP contribution is 2.31. The summed E-state index contributed by atoms with van der Waals surface area (Å²) in [5.74, 6) is -0.153. The highest BCUT2D eigenvalue weighted by atomic mass is 32.2. The summed E-state index contributed by atoms with van der Waals surface area (Å²) in [6.07, 6.45) is 2.01. The van der Waals surface area contributed by atoms with Gasteiger partial charge in [-0.1, -0.05) is 6.07 Å². The maximum absolute atomic E-state index is 13.7. The van der Waals surface area contributed by atoms with Crippen LogP contribution in [0.2, 0.25) is 0 Å². The summed E-state index contributed by atoms with van der Waals surface area (Å²) in [7, 11) is 0. The van der Waals surface area contributed by atoms with Gasteiger partial charge in [-0.15, -0.1) is 11.8 Å². The largest absolute Gasteiger partial charge is 0.381 e. The molecule has 0 bridgehead atoms. The molecule has 1 saturated heterocycles. The first kappa shape index (κ1) is 11.9. The number of nitrogens with two attached hydrogens (primary N) is 1. The number of halogens is 1. The molecule has 2 nitrogen and oxygen atoms in total. The van der Waals surface area contributed by atoms with Crippen LogP contribution >= 0.6 is 11.8 Å². The van der Waals surface area contributed by atoms with Crippen LogP contribution in [-0.2, 0) is 11.3 Å². The molecule has 2 rings (SSSR count). The Kier molecular flexibility index (Phi) is 4.21. The molecule has 0 amide bonds. The fourth-order valence-electron chi connectivity index (χ4n) is 1.74. The molecule has 0 radical (unpaired) electrons. The number of rotatable bonds is 3. The zero-order valence-corrected chi connectivity index (χ0v) is 9.93. The second-order valence-electron chi connectivity index (χ2n) is 3.90. The van der Waals surface area contributed by atoms with E-state index in [0.717, 1.165) is 36.5 Å². The quantitative estimate of drug-likeness (QED) is 0.883. The summed E-state index contributed by atoms with van der Waals surface area (Å²) < 4.78 is 19.0. The molecular weight excluding hydrogens is 225 g/mol. The van der Waals surface area contributed by atoms with Gasteiger partial charge in [0.2, 0.25) is 0 Å². The van der Waals surface area contributed by atoms with E-state index in [2.05, 4.69) is 0 Å². The summed E-state index contributed by atoms with van der Waals surface area (Å²) in [6, 6.07) is 5.25. The van der Waals surface area contributed by atoms with Crippen LogP contribution in [0.15, 0.2) is 23.1 Å². The van der Waals surface area contributed by atoms with Crippen LogP contribution in [0.1, 0.15) is 18.4 Å². The predicted molar refractivity (Wildman–Crippen MR) is 64.0 cm³/mol. The standard InChI is InChI=1S/C12H16FNOS/c13-11-7-9(8-14)1-2-12(11)16-10-3-5-15-6-4-10/h1-2,7,10H,3-6,8,14H2. The third-order valence-corrected chi connectivity index (χ3v) is 4.08. The van der Waals surface area contributed by atoms with Crippen LogP contribution in [0.4, 0.5) is 4.39 Å². The van der Waals surface area contributed by atoms with Crippen LogP contribution in [0.5, 0.6) is 0 Å². The van der Waals surface area contributed by atoms with Gasteiger partial charge in [0.15, 0.2) is 0 Å². The van der Waals surface area contributed by atoms with Gasteiger partial charge >= 0.3 is 0 Å². The van der Waals surface area contributed by atoms with Gasteiger partial charge in [0.05, 0.1) is 0 Å². The normalized spacial score (nSPS) is 17.6. The molecule has 88 valence electrons. The summed E-state index contributed by atoms with van der Waals surface area (Å²) in [4.78, 5) is 0.726. The molecule has 1 aromatic rings. The first-order valence-corrected chi connectivity index (χ1v) is 6.40. The minimum atomic E-state index is -0.153. The molecule has 1 fully saturated rings. The lowest BCUT2D eigenvalue weighted by atomic mass is 10.2. The van der Waals surface area contributed by atoms with Crippen molar-refractivity contribution in [3.8, 4) is 0 Å². The molecule has 1 aliphatic rings. The van der Waals surface area contributed by atoms with Crippen molar-refractivity contribution in [3.63, 3.8) is 0 Å². The molecule has 0 unspecified atom stereocenters. The summed E-state index contributed by atoms with van der Waals surface area (Å²) in [5.41, 5.74) is 6.30. The maximum atomic E-state index is 13.7. The molecule has 1 aromatic carbocycles. The Morgan fingerprint density at radius 3 is 2.75 bits per heavy atom. The van der Waals surface area contributed by atoms with E-state index in [1.807, 2.05) is 12.1 Å². The Morgan fingerprint density at radius 1 is 1.38 bits per heavy atom. The molecular formula is C12H16FNOS. The summed E-state index contributed by atoms with van der Waals surface area (Å²) in [6.45, 7) is 1.97. The Hall–Kier alpha value is -0.580. The number of hydrogen-bond acceptors (Lipinski definition) is 3. The van der Waals surface area contributed by atoms with Crippen molar-refractivity contribution in [2.45, 2.75) is 29.5 Å². The van der Waals surface area contributed by atoms with E-state index in [1.165, 1.54) is 6.07 Å². The van der Waals surface area contributed by atoms with Crippen molar-refractivity contribution >= 4 is 11.8 Å². The molecule has 0 aliphatic carbocycles.